The summed E-state index contributed by atoms with van der Waals surface area (Å²) in [6.45, 7) is 3.99. The van der Waals surface area contributed by atoms with E-state index >= 15 is 0 Å². The summed E-state index contributed by atoms with van der Waals surface area (Å²) in [5, 5.41) is 4.40. The van der Waals surface area contributed by atoms with Crippen molar-refractivity contribution in [3.05, 3.63) is 72.1 Å². The highest BCUT2D eigenvalue weighted by Crippen LogP contribution is 2.21. The summed E-state index contributed by atoms with van der Waals surface area (Å²) in [7, 11) is 0. The van der Waals surface area contributed by atoms with E-state index in [0.717, 1.165) is 22.5 Å². The van der Waals surface area contributed by atoms with Gasteiger partial charge in [-0.05, 0) is 43.2 Å². The van der Waals surface area contributed by atoms with Gasteiger partial charge in [0.15, 0.2) is 5.69 Å². The second-order valence-electron chi connectivity index (χ2n) is 5.22. The molecule has 4 heteroatoms. The van der Waals surface area contributed by atoms with E-state index in [1.807, 2.05) is 49.4 Å². The van der Waals surface area contributed by atoms with Gasteiger partial charge in [-0.15, -0.1) is 0 Å². The van der Waals surface area contributed by atoms with Crippen molar-refractivity contribution in [3.63, 3.8) is 0 Å². The maximum Gasteiger partial charge on any atom is 0.357 e. The number of nitrogens with zero attached hydrogens (tertiary/aromatic N) is 2. The molecule has 3 aromatic rings. The number of hydrogen-bond donors (Lipinski definition) is 0. The molecule has 0 fully saturated rings. The predicted octanol–water partition coefficient (Wildman–Crippen LogP) is 4.02. The summed E-state index contributed by atoms with van der Waals surface area (Å²) >= 11 is 0. The van der Waals surface area contributed by atoms with Crippen molar-refractivity contribution in [2.75, 3.05) is 6.61 Å². The highest BCUT2D eigenvalue weighted by Gasteiger charge is 2.16. The molecule has 0 unspecified atom stereocenters. The monoisotopic (exact) mass is 306 g/mol. The van der Waals surface area contributed by atoms with E-state index in [4.69, 9.17) is 4.74 Å². The van der Waals surface area contributed by atoms with Gasteiger partial charge in [0.2, 0.25) is 0 Å². The summed E-state index contributed by atoms with van der Waals surface area (Å²) < 4.78 is 6.72. The van der Waals surface area contributed by atoms with Gasteiger partial charge in [0.25, 0.3) is 0 Å². The number of aromatic nitrogens is 2. The number of esters is 1. The first-order valence-electron chi connectivity index (χ1n) is 7.58. The van der Waals surface area contributed by atoms with Gasteiger partial charge in [0, 0.05) is 0 Å². The highest BCUT2D eigenvalue weighted by molar-refractivity contribution is 5.88. The number of ether oxygens (including phenoxy) is 1. The third-order valence-corrected chi connectivity index (χ3v) is 3.54. The Morgan fingerprint density at radius 3 is 2.35 bits per heavy atom. The van der Waals surface area contributed by atoms with Gasteiger partial charge in [-0.3, -0.25) is 0 Å². The first-order chi connectivity index (χ1) is 11.2. The van der Waals surface area contributed by atoms with Gasteiger partial charge in [0.05, 0.1) is 18.0 Å². The van der Waals surface area contributed by atoms with Gasteiger partial charge in [-0.1, -0.05) is 42.5 Å². The van der Waals surface area contributed by atoms with E-state index in [0.29, 0.717) is 12.3 Å². The van der Waals surface area contributed by atoms with Crippen molar-refractivity contribution < 1.29 is 9.53 Å². The SMILES string of the molecule is CCOC(=O)c1cc(C)nn1-c1ccc(-c2ccccc2)cc1. The van der Waals surface area contributed by atoms with Gasteiger partial charge in [-0.25, -0.2) is 9.48 Å². The van der Waals surface area contributed by atoms with Crippen LogP contribution in [-0.4, -0.2) is 22.4 Å². The lowest BCUT2D eigenvalue weighted by molar-refractivity contribution is 0.0515. The van der Waals surface area contributed by atoms with Gasteiger partial charge in [-0.2, -0.15) is 5.10 Å². The van der Waals surface area contributed by atoms with Crippen molar-refractivity contribution in [2.24, 2.45) is 0 Å². The fraction of sp³-hybridized carbons (Fsp3) is 0.158. The zero-order valence-electron chi connectivity index (χ0n) is 13.2. The van der Waals surface area contributed by atoms with E-state index in [-0.39, 0.29) is 5.97 Å². The van der Waals surface area contributed by atoms with Gasteiger partial charge < -0.3 is 4.74 Å². The molecule has 0 saturated carbocycles. The first kappa shape index (κ1) is 15.0. The normalized spacial score (nSPS) is 10.5. The van der Waals surface area contributed by atoms with Crippen LogP contribution in [0.5, 0.6) is 0 Å². The van der Waals surface area contributed by atoms with Crippen LogP contribution in [0.25, 0.3) is 16.8 Å². The van der Waals surface area contributed by atoms with Crippen LogP contribution < -0.4 is 0 Å². The van der Waals surface area contributed by atoms with E-state index in [1.165, 1.54) is 0 Å². The summed E-state index contributed by atoms with van der Waals surface area (Å²) in [4.78, 5) is 12.1. The van der Waals surface area contributed by atoms with Crippen LogP contribution in [0.4, 0.5) is 0 Å². The molecule has 1 aromatic heterocycles. The Kier molecular flexibility index (Phi) is 4.24. The van der Waals surface area contributed by atoms with Crippen LogP contribution >= 0.6 is 0 Å². The average Bonchev–Trinajstić information content (AvgIpc) is 2.98. The molecule has 23 heavy (non-hydrogen) atoms. The van der Waals surface area contributed by atoms with Crippen LogP contribution in [0.3, 0.4) is 0 Å². The molecular formula is C19H18N2O2. The van der Waals surface area contributed by atoms with Crippen LogP contribution in [0, 0.1) is 6.92 Å². The molecule has 0 spiro atoms. The first-order valence-corrected chi connectivity index (χ1v) is 7.58. The molecule has 0 radical (unpaired) electrons. The molecule has 0 atom stereocenters. The largest absolute Gasteiger partial charge is 0.461 e. The maximum absolute atomic E-state index is 12.1. The molecule has 0 amide bonds. The minimum Gasteiger partial charge on any atom is -0.461 e. The van der Waals surface area contributed by atoms with Crippen molar-refractivity contribution in [2.45, 2.75) is 13.8 Å². The third-order valence-electron chi connectivity index (χ3n) is 3.54. The molecule has 116 valence electrons. The molecule has 4 nitrogen and oxygen atoms in total. The lowest BCUT2D eigenvalue weighted by Gasteiger charge is -2.08. The molecule has 0 aliphatic rings. The third kappa shape index (κ3) is 3.16. The van der Waals surface area contributed by atoms with Crippen molar-refractivity contribution in [3.8, 4) is 16.8 Å². The van der Waals surface area contributed by atoms with E-state index in [2.05, 4.69) is 17.2 Å². The predicted molar refractivity (Wildman–Crippen MR) is 89.7 cm³/mol. The van der Waals surface area contributed by atoms with Gasteiger partial charge >= 0.3 is 5.97 Å². The molecule has 0 aliphatic carbocycles. The number of benzene rings is 2. The summed E-state index contributed by atoms with van der Waals surface area (Å²) in [5.74, 6) is -0.361. The average molecular weight is 306 g/mol. The Hall–Kier alpha value is -2.88. The fourth-order valence-electron chi connectivity index (χ4n) is 2.47. The van der Waals surface area contributed by atoms with Crippen LogP contribution in [0.1, 0.15) is 23.1 Å². The number of carbonyl (C=O) groups is 1. The Bertz CT molecular complexity index is 805. The molecular weight excluding hydrogens is 288 g/mol. The van der Waals surface area contributed by atoms with Crippen molar-refractivity contribution in [1.29, 1.82) is 0 Å². The molecule has 0 aliphatic heterocycles. The topological polar surface area (TPSA) is 44.1 Å². The Morgan fingerprint density at radius 2 is 1.70 bits per heavy atom. The van der Waals surface area contributed by atoms with E-state index in [1.54, 1.807) is 17.7 Å². The van der Waals surface area contributed by atoms with Gasteiger partial charge in [0.1, 0.15) is 0 Å². The maximum atomic E-state index is 12.1. The molecule has 2 aromatic carbocycles. The molecule has 0 saturated heterocycles. The second kappa shape index (κ2) is 6.48. The molecule has 3 rings (SSSR count). The number of rotatable bonds is 4. The quantitative estimate of drug-likeness (QED) is 0.684. The molecule has 0 N–H and O–H groups in total. The number of aryl methyl sites for hydroxylation is 1. The lowest BCUT2D eigenvalue weighted by atomic mass is 10.1. The smallest absolute Gasteiger partial charge is 0.357 e. The van der Waals surface area contributed by atoms with Crippen molar-refractivity contribution >= 4 is 5.97 Å². The minimum absolute atomic E-state index is 0.343. The Morgan fingerprint density at radius 1 is 1.04 bits per heavy atom. The minimum atomic E-state index is -0.361. The van der Waals surface area contributed by atoms with E-state index < -0.39 is 0 Å². The number of carbonyl (C=O) groups excluding carboxylic acids is 1. The zero-order valence-corrected chi connectivity index (χ0v) is 13.2. The van der Waals surface area contributed by atoms with Crippen molar-refractivity contribution in [1.82, 2.24) is 9.78 Å². The second-order valence-corrected chi connectivity index (χ2v) is 5.22. The highest BCUT2D eigenvalue weighted by atomic mass is 16.5. The summed E-state index contributed by atoms with van der Waals surface area (Å²) in [6, 6.07) is 19.9. The Labute approximate surface area is 135 Å². The molecule has 1 heterocycles. The standard InChI is InChI=1S/C19H18N2O2/c1-3-23-19(22)18-13-14(2)20-21(18)17-11-9-16(10-12-17)15-7-5-4-6-8-15/h4-13H,3H2,1-2H3. The lowest BCUT2D eigenvalue weighted by Crippen LogP contribution is -2.11. The number of hydrogen-bond acceptors (Lipinski definition) is 3. The van der Waals surface area contributed by atoms with E-state index in [9.17, 15) is 4.79 Å². The Balaban J connectivity index is 1.95. The zero-order chi connectivity index (χ0) is 16.2. The summed E-state index contributed by atoms with van der Waals surface area (Å²) in [5.41, 5.74) is 4.33. The summed E-state index contributed by atoms with van der Waals surface area (Å²) in [6.07, 6.45) is 0. The van der Waals surface area contributed by atoms with Crippen LogP contribution in [0.2, 0.25) is 0 Å². The van der Waals surface area contributed by atoms with Crippen LogP contribution in [-0.2, 0) is 4.74 Å². The fourth-order valence-corrected chi connectivity index (χ4v) is 2.47. The van der Waals surface area contributed by atoms with Crippen LogP contribution in [0.15, 0.2) is 60.7 Å². The molecule has 0 bridgehead atoms.